The van der Waals surface area contributed by atoms with Crippen molar-refractivity contribution < 1.29 is 17.9 Å². The topological polar surface area (TPSA) is 78.6 Å². The van der Waals surface area contributed by atoms with Gasteiger partial charge in [0.25, 0.3) is 0 Å². The number of rotatable bonds is 7. The Balaban J connectivity index is 2.42. The summed E-state index contributed by atoms with van der Waals surface area (Å²) in [5.74, 6) is 0.0279. The lowest BCUT2D eigenvalue weighted by molar-refractivity contribution is -0.0504. The quantitative estimate of drug-likeness (QED) is 0.730. The standard InChI is InChI=1S/C14H29NO4S/c1-13(2,3)19-10-9-18-11-14(12-20(15,16)17)7-5-4-6-8-14/h4-12H2,1-3H3,(H2,15,16,17). The van der Waals surface area contributed by atoms with Gasteiger partial charge >= 0.3 is 0 Å². The van der Waals surface area contributed by atoms with Gasteiger partial charge in [-0.05, 0) is 33.6 Å². The molecule has 0 amide bonds. The molecule has 1 saturated carbocycles. The van der Waals surface area contributed by atoms with Gasteiger partial charge in [0.1, 0.15) is 0 Å². The molecule has 120 valence electrons. The Morgan fingerprint density at radius 1 is 1.10 bits per heavy atom. The van der Waals surface area contributed by atoms with Crippen LogP contribution in [0.2, 0.25) is 0 Å². The molecule has 20 heavy (non-hydrogen) atoms. The molecule has 5 nitrogen and oxygen atoms in total. The van der Waals surface area contributed by atoms with Crippen molar-refractivity contribution >= 4 is 10.0 Å². The molecule has 2 N–H and O–H groups in total. The number of primary sulfonamides is 1. The Hall–Kier alpha value is -0.170. The van der Waals surface area contributed by atoms with E-state index in [1.165, 1.54) is 6.42 Å². The molecular weight excluding hydrogens is 278 g/mol. The van der Waals surface area contributed by atoms with Gasteiger partial charge in [-0.3, -0.25) is 0 Å². The molecule has 1 aliphatic carbocycles. The first-order valence-corrected chi connectivity index (χ1v) is 9.06. The molecule has 0 unspecified atom stereocenters. The summed E-state index contributed by atoms with van der Waals surface area (Å²) in [6.45, 7) is 7.46. The molecule has 0 heterocycles. The molecular formula is C14H29NO4S. The Morgan fingerprint density at radius 3 is 2.20 bits per heavy atom. The normalized spacial score (nSPS) is 20.0. The van der Waals surface area contributed by atoms with Crippen molar-refractivity contribution in [3.63, 3.8) is 0 Å². The molecule has 1 rings (SSSR count). The van der Waals surface area contributed by atoms with Crippen LogP contribution in [0.3, 0.4) is 0 Å². The van der Waals surface area contributed by atoms with E-state index in [-0.39, 0.29) is 16.8 Å². The van der Waals surface area contributed by atoms with Gasteiger partial charge in [0.05, 0.1) is 31.2 Å². The third kappa shape index (κ3) is 7.57. The first-order chi connectivity index (χ1) is 9.12. The van der Waals surface area contributed by atoms with Crippen molar-refractivity contribution in [2.24, 2.45) is 10.6 Å². The molecule has 6 heteroatoms. The zero-order valence-electron chi connectivity index (χ0n) is 13.0. The van der Waals surface area contributed by atoms with Gasteiger partial charge < -0.3 is 9.47 Å². The summed E-state index contributed by atoms with van der Waals surface area (Å²) in [7, 11) is -3.46. The molecule has 0 spiro atoms. The number of hydrogen-bond donors (Lipinski definition) is 1. The van der Waals surface area contributed by atoms with Crippen LogP contribution in [0.25, 0.3) is 0 Å². The molecule has 0 saturated heterocycles. The number of nitrogens with two attached hydrogens (primary N) is 1. The number of ether oxygens (including phenoxy) is 2. The maximum absolute atomic E-state index is 11.4. The van der Waals surface area contributed by atoms with Gasteiger partial charge in [-0.25, -0.2) is 13.6 Å². The second-order valence-electron chi connectivity index (χ2n) is 6.88. The smallest absolute Gasteiger partial charge is 0.209 e. The monoisotopic (exact) mass is 307 g/mol. The van der Waals surface area contributed by atoms with Crippen molar-refractivity contribution in [2.75, 3.05) is 25.6 Å². The maximum Gasteiger partial charge on any atom is 0.209 e. The molecule has 0 aliphatic heterocycles. The minimum absolute atomic E-state index is 0.0279. The fourth-order valence-corrected chi connectivity index (χ4v) is 3.98. The van der Waals surface area contributed by atoms with Crippen molar-refractivity contribution in [3.8, 4) is 0 Å². The van der Waals surface area contributed by atoms with E-state index in [2.05, 4.69) is 0 Å². The van der Waals surface area contributed by atoms with Crippen LogP contribution < -0.4 is 5.14 Å². The minimum atomic E-state index is -3.46. The predicted octanol–water partition coefficient (Wildman–Crippen LogP) is 2.06. The van der Waals surface area contributed by atoms with Crippen LogP contribution in [0.15, 0.2) is 0 Å². The van der Waals surface area contributed by atoms with Gasteiger partial charge in [0.15, 0.2) is 0 Å². The minimum Gasteiger partial charge on any atom is -0.378 e. The lowest BCUT2D eigenvalue weighted by Gasteiger charge is -2.36. The molecule has 0 aromatic rings. The Bertz CT molecular complexity index is 380. The first kappa shape index (κ1) is 17.9. The molecule has 0 aromatic carbocycles. The zero-order chi connectivity index (χ0) is 15.3. The van der Waals surface area contributed by atoms with Crippen molar-refractivity contribution in [1.29, 1.82) is 0 Å². The Kier molecular flexibility index (Phi) is 6.44. The molecule has 0 aromatic heterocycles. The van der Waals surface area contributed by atoms with E-state index in [9.17, 15) is 8.42 Å². The van der Waals surface area contributed by atoms with Gasteiger partial charge in [0, 0.05) is 5.41 Å². The molecule has 0 bridgehead atoms. The Morgan fingerprint density at radius 2 is 1.70 bits per heavy atom. The highest BCUT2D eigenvalue weighted by Crippen LogP contribution is 2.37. The van der Waals surface area contributed by atoms with Crippen LogP contribution in [0.5, 0.6) is 0 Å². The summed E-state index contributed by atoms with van der Waals surface area (Å²) in [6.07, 6.45) is 5.03. The third-order valence-corrected chi connectivity index (χ3v) is 4.61. The van der Waals surface area contributed by atoms with Crippen LogP contribution >= 0.6 is 0 Å². The van der Waals surface area contributed by atoms with E-state index in [1.54, 1.807) is 0 Å². The number of hydrogen-bond acceptors (Lipinski definition) is 4. The van der Waals surface area contributed by atoms with Crippen LogP contribution in [0, 0.1) is 5.41 Å². The summed E-state index contributed by atoms with van der Waals surface area (Å²) in [5, 5.41) is 5.23. The van der Waals surface area contributed by atoms with Gasteiger partial charge in [0.2, 0.25) is 10.0 Å². The maximum atomic E-state index is 11.4. The average molecular weight is 307 g/mol. The van der Waals surface area contributed by atoms with Crippen molar-refractivity contribution in [1.82, 2.24) is 0 Å². The summed E-state index contributed by atoms with van der Waals surface area (Å²) < 4.78 is 34.1. The molecule has 0 radical (unpaired) electrons. The van der Waals surface area contributed by atoms with E-state index in [0.717, 1.165) is 25.7 Å². The lowest BCUT2D eigenvalue weighted by Crippen LogP contribution is -2.39. The van der Waals surface area contributed by atoms with Crippen LogP contribution in [0.4, 0.5) is 0 Å². The lowest BCUT2D eigenvalue weighted by atomic mass is 9.76. The highest BCUT2D eigenvalue weighted by molar-refractivity contribution is 7.89. The summed E-state index contributed by atoms with van der Waals surface area (Å²) in [4.78, 5) is 0. The molecule has 1 fully saturated rings. The summed E-state index contributed by atoms with van der Waals surface area (Å²) in [5.41, 5.74) is -0.472. The zero-order valence-corrected chi connectivity index (χ0v) is 13.8. The molecule has 0 atom stereocenters. The van der Waals surface area contributed by atoms with E-state index >= 15 is 0 Å². The first-order valence-electron chi connectivity index (χ1n) is 7.34. The van der Waals surface area contributed by atoms with Crippen LogP contribution in [-0.2, 0) is 19.5 Å². The van der Waals surface area contributed by atoms with Gasteiger partial charge in [-0.15, -0.1) is 0 Å². The van der Waals surface area contributed by atoms with Gasteiger partial charge in [-0.2, -0.15) is 0 Å². The van der Waals surface area contributed by atoms with E-state index in [1.807, 2.05) is 20.8 Å². The van der Waals surface area contributed by atoms with Crippen LogP contribution in [-0.4, -0.2) is 39.6 Å². The summed E-state index contributed by atoms with van der Waals surface area (Å²) in [6, 6.07) is 0. The van der Waals surface area contributed by atoms with E-state index < -0.39 is 10.0 Å². The molecule has 1 aliphatic rings. The third-order valence-electron chi connectivity index (χ3n) is 3.59. The van der Waals surface area contributed by atoms with Crippen LogP contribution in [0.1, 0.15) is 52.9 Å². The SMILES string of the molecule is CC(C)(C)OCCOCC1(CS(N)(=O)=O)CCCCC1. The largest absolute Gasteiger partial charge is 0.378 e. The average Bonchev–Trinajstić information content (AvgIpc) is 2.25. The fourth-order valence-electron chi connectivity index (χ4n) is 2.75. The second kappa shape index (κ2) is 7.20. The highest BCUT2D eigenvalue weighted by atomic mass is 32.2. The fraction of sp³-hybridized carbons (Fsp3) is 1.00. The number of sulfonamides is 1. The van der Waals surface area contributed by atoms with Gasteiger partial charge in [-0.1, -0.05) is 19.3 Å². The Labute approximate surface area is 123 Å². The van der Waals surface area contributed by atoms with Crippen molar-refractivity contribution in [2.45, 2.75) is 58.5 Å². The predicted molar refractivity (Wildman–Crippen MR) is 80.0 cm³/mol. The second-order valence-corrected chi connectivity index (χ2v) is 8.50. The highest BCUT2D eigenvalue weighted by Gasteiger charge is 2.36. The van der Waals surface area contributed by atoms with E-state index in [0.29, 0.717) is 19.8 Å². The van der Waals surface area contributed by atoms with Crippen molar-refractivity contribution in [3.05, 3.63) is 0 Å². The van der Waals surface area contributed by atoms with E-state index in [4.69, 9.17) is 14.6 Å². The summed E-state index contributed by atoms with van der Waals surface area (Å²) >= 11 is 0.